The van der Waals surface area contributed by atoms with Crippen LogP contribution in [-0.2, 0) is 6.54 Å². The largest absolute Gasteiger partial charge is 0.382 e. The van der Waals surface area contributed by atoms with Gasteiger partial charge >= 0.3 is 0 Å². The molecule has 1 aliphatic carbocycles. The molecule has 17 heavy (non-hydrogen) atoms. The van der Waals surface area contributed by atoms with Gasteiger partial charge in [-0.25, -0.2) is 0 Å². The number of aryl methyl sites for hydroxylation is 1. The van der Waals surface area contributed by atoms with Crippen LogP contribution in [0.2, 0.25) is 0 Å². The van der Waals surface area contributed by atoms with Crippen LogP contribution in [0, 0.1) is 12.3 Å². The highest BCUT2D eigenvalue weighted by Crippen LogP contribution is 2.38. The first-order valence-corrected chi connectivity index (χ1v) is 6.56. The van der Waals surface area contributed by atoms with E-state index in [9.17, 15) is 0 Å². The van der Waals surface area contributed by atoms with Crippen molar-refractivity contribution in [2.24, 2.45) is 11.1 Å². The van der Waals surface area contributed by atoms with Crippen molar-refractivity contribution in [1.29, 1.82) is 0 Å². The molecular formula is C15H24N2. The van der Waals surface area contributed by atoms with Crippen molar-refractivity contribution < 1.29 is 0 Å². The first kappa shape index (κ1) is 12.4. The Morgan fingerprint density at radius 2 is 2.18 bits per heavy atom. The Morgan fingerprint density at radius 3 is 2.76 bits per heavy atom. The predicted octanol–water partition coefficient (Wildman–Crippen LogP) is 3.44. The number of rotatable bonds is 3. The maximum Gasteiger partial charge on any atom is 0.0390 e. The van der Waals surface area contributed by atoms with Gasteiger partial charge in [0.2, 0.25) is 0 Å². The van der Waals surface area contributed by atoms with E-state index in [0.29, 0.717) is 18.0 Å². The molecule has 1 aromatic rings. The summed E-state index contributed by atoms with van der Waals surface area (Å²) in [4.78, 5) is 0. The van der Waals surface area contributed by atoms with Crippen molar-refractivity contribution in [3.05, 3.63) is 29.3 Å². The van der Waals surface area contributed by atoms with Gasteiger partial charge in [-0.1, -0.05) is 26.0 Å². The SMILES string of the molecule is Cc1ccc(CN)c(NC2CCC(C)(C)C2)c1. The topological polar surface area (TPSA) is 38.0 Å². The molecule has 3 N–H and O–H groups in total. The number of benzene rings is 1. The maximum absolute atomic E-state index is 5.79. The minimum absolute atomic E-state index is 0.490. The fraction of sp³-hybridized carbons (Fsp3) is 0.600. The van der Waals surface area contributed by atoms with Gasteiger partial charge in [-0.2, -0.15) is 0 Å². The molecule has 1 aliphatic rings. The zero-order chi connectivity index (χ0) is 12.5. The lowest BCUT2D eigenvalue weighted by molar-refractivity contribution is 0.378. The molecule has 0 saturated heterocycles. The molecule has 0 radical (unpaired) electrons. The molecular weight excluding hydrogens is 208 g/mol. The van der Waals surface area contributed by atoms with E-state index in [0.717, 1.165) is 0 Å². The third-order valence-corrected chi connectivity index (χ3v) is 3.81. The summed E-state index contributed by atoms with van der Waals surface area (Å²) in [5.41, 5.74) is 10.0. The van der Waals surface area contributed by atoms with Crippen LogP contribution in [0.1, 0.15) is 44.2 Å². The molecule has 1 aromatic carbocycles. The van der Waals surface area contributed by atoms with Gasteiger partial charge in [0, 0.05) is 18.3 Å². The van der Waals surface area contributed by atoms with E-state index in [1.54, 1.807) is 0 Å². The minimum Gasteiger partial charge on any atom is -0.382 e. The van der Waals surface area contributed by atoms with Crippen molar-refractivity contribution in [2.45, 2.75) is 52.6 Å². The maximum atomic E-state index is 5.79. The average Bonchev–Trinajstić information content (AvgIpc) is 2.58. The average molecular weight is 232 g/mol. The summed E-state index contributed by atoms with van der Waals surface area (Å²) in [6.45, 7) is 7.45. The molecule has 0 bridgehead atoms. The zero-order valence-electron chi connectivity index (χ0n) is 11.2. The van der Waals surface area contributed by atoms with Crippen molar-refractivity contribution in [3.8, 4) is 0 Å². The van der Waals surface area contributed by atoms with Crippen LogP contribution in [0.25, 0.3) is 0 Å². The third-order valence-electron chi connectivity index (χ3n) is 3.81. The summed E-state index contributed by atoms with van der Waals surface area (Å²) in [6.07, 6.45) is 3.84. The summed E-state index contributed by atoms with van der Waals surface area (Å²) in [6, 6.07) is 7.09. The Balaban J connectivity index is 2.11. The van der Waals surface area contributed by atoms with Crippen LogP contribution in [0.15, 0.2) is 18.2 Å². The molecule has 0 aromatic heterocycles. The predicted molar refractivity (Wildman–Crippen MR) is 74.1 cm³/mol. The van der Waals surface area contributed by atoms with Crippen LogP contribution < -0.4 is 11.1 Å². The normalized spacial score (nSPS) is 22.7. The lowest BCUT2D eigenvalue weighted by Crippen LogP contribution is -2.19. The zero-order valence-corrected chi connectivity index (χ0v) is 11.2. The summed E-state index contributed by atoms with van der Waals surface area (Å²) in [7, 11) is 0. The molecule has 94 valence electrons. The number of hydrogen-bond donors (Lipinski definition) is 2. The van der Waals surface area contributed by atoms with Gasteiger partial charge in [0.25, 0.3) is 0 Å². The molecule has 1 saturated carbocycles. The van der Waals surface area contributed by atoms with Gasteiger partial charge in [-0.15, -0.1) is 0 Å². The van der Waals surface area contributed by atoms with Crippen LogP contribution in [0.5, 0.6) is 0 Å². The molecule has 0 aliphatic heterocycles. The molecule has 0 spiro atoms. The van der Waals surface area contributed by atoms with E-state index >= 15 is 0 Å². The van der Waals surface area contributed by atoms with Gasteiger partial charge in [0.1, 0.15) is 0 Å². The summed E-state index contributed by atoms with van der Waals surface area (Å²) < 4.78 is 0. The number of hydrogen-bond acceptors (Lipinski definition) is 2. The molecule has 2 rings (SSSR count). The Kier molecular flexibility index (Phi) is 3.43. The second kappa shape index (κ2) is 4.69. The van der Waals surface area contributed by atoms with Gasteiger partial charge in [-0.05, 0) is 48.8 Å². The Labute approximate surface area is 105 Å². The van der Waals surface area contributed by atoms with Gasteiger partial charge in [0.15, 0.2) is 0 Å². The van der Waals surface area contributed by atoms with Crippen LogP contribution in [0.4, 0.5) is 5.69 Å². The highest BCUT2D eigenvalue weighted by Gasteiger charge is 2.30. The first-order chi connectivity index (χ1) is 8.00. The Bertz CT molecular complexity index is 396. The smallest absolute Gasteiger partial charge is 0.0390 e. The van der Waals surface area contributed by atoms with E-state index in [-0.39, 0.29) is 0 Å². The molecule has 0 heterocycles. The molecule has 1 fully saturated rings. The van der Waals surface area contributed by atoms with Crippen molar-refractivity contribution in [2.75, 3.05) is 5.32 Å². The van der Waals surface area contributed by atoms with Crippen molar-refractivity contribution in [1.82, 2.24) is 0 Å². The van der Waals surface area contributed by atoms with Crippen LogP contribution in [0.3, 0.4) is 0 Å². The quantitative estimate of drug-likeness (QED) is 0.837. The van der Waals surface area contributed by atoms with Crippen LogP contribution in [-0.4, -0.2) is 6.04 Å². The van der Waals surface area contributed by atoms with E-state index in [1.807, 2.05) is 0 Å². The van der Waals surface area contributed by atoms with E-state index in [2.05, 4.69) is 44.3 Å². The standard InChI is InChI=1S/C15H24N2/c1-11-4-5-12(10-16)14(8-11)17-13-6-7-15(2,3)9-13/h4-5,8,13,17H,6-7,9-10,16H2,1-3H3. The van der Waals surface area contributed by atoms with Crippen molar-refractivity contribution in [3.63, 3.8) is 0 Å². The monoisotopic (exact) mass is 232 g/mol. The Hall–Kier alpha value is -1.02. The van der Waals surface area contributed by atoms with Gasteiger partial charge in [0.05, 0.1) is 0 Å². The van der Waals surface area contributed by atoms with Gasteiger partial charge in [-0.3, -0.25) is 0 Å². The first-order valence-electron chi connectivity index (χ1n) is 6.56. The highest BCUT2D eigenvalue weighted by molar-refractivity contribution is 5.54. The van der Waals surface area contributed by atoms with Crippen LogP contribution >= 0.6 is 0 Å². The fourth-order valence-electron chi connectivity index (χ4n) is 2.78. The molecule has 1 unspecified atom stereocenters. The summed E-state index contributed by atoms with van der Waals surface area (Å²) in [5, 5.41) is 3.68. The molecule has 2 heteroatoms. The second-order valence-electron chi connectivity index (χ2n) is 6.11. The number of nitrogens with one attached hydrogen (secondary N) is 1. The second-order valence-corrected chi connectivity index (χ2v) is 6.11. The lowest BCUT2D eigenvalue weighted by Gasteiger charge is -2.20. The minimum atomic E-state index is 0.490. The molecule has 0 amide bonds. The van der Waals surface area contributed by atoms with Crippen molar-refractivity contribution >= 4 is 5.69 Å². The number of anilines is 1. The van der Waals surface area contributed by atoms with E-state index in [4.69, 9.17) is 5.73 Å². The third kappa shape index (κ3) is 3.01. The fourth-order valence-corrected chi connectivity index (χ4v) is 2.78. The molecule has 2 nitrogen and oxygen atoms in total. The van der Waals surface area contributed by atoms with E-state index in [1.165, 1.54) is 36.1 Å². The van der Waals surface area contributed by atoms with Gasteiger partial charge < -0.3 is 11.1 Å². The Morgan fingerprint density at radius 1 is 1.41 bits per heavy atom. The lowest BCUT2D eigenvalue weighted by atomic mass is 9.92. The molecule has 1 atom stereocenters. The summed E-state index contributed by atoms with van der Waals surface area (Å²) >= 11 is 0. The van der Waals surface area contributed by atoms with E-state index < -0.39 is 0 Å². The number of nitrogens with two attached hydrogens (primary N) is 1. The summed E-state index contributed by atoms with van der Waals surface area (Å²) in [5.74, 6) is 0. The highest BCUT2D eigenvalue weighted by atomic mass is 14.9.